The molecule has 0 radical (unpaired) electrons. The van der Waals surface area contributed by atoms with Crippen LogP contribution in [0, 0.1) is 0 Å². The molecule has 0 aromatic heterocycles. The molecule has 20 heavy (non-hydrogen) atoms. The van der Waals surface area contributed by atoms with E-state index in [0.29, 0.717) is 12.6 Å². The largest absolute Gasteiger partial charge is 0.492 e. The normalized spacial score (nSPS) is 15.8. The predicted octanol–water partition coefficient (Wildman–Crippen LogP) is 2.95. The van der Waals surface area contributed by atoms with Gasteiger partial charge in [-0.25, -0.2) is 0 Å². The smallest absolute Gasteiger partial charge is 0.221 e. The quantitative estimate of drug-likeness (QED) is 0.785. The molecular formula is C16H24N2O2. The number of benzene rings is 1. The number of rotatable bonds is 6. The molecule has 2 N–H and O–H groups in total. The maximum atomic E-state index is 10.9. The van der Waals surface area contributed by atoms with Crippen LogP contribution in [0.15, 0.2) is 24.3 Å². The first kappa shape index (κ1) is 14.9. The minimum atomic E-state index is -0.0599. The second kappa shape index (κ2) is 7.90. The Hall–Kier alpha value is -1.55. The summed E-state index contributed by atoms with van der Waals surface area (Å²) in [6, 6.07) is 8.14. The van der Waals surface area contributed by atoms with Crippen molar-refractivity contribution in [2.24, 2.45) is 0 Å². The average molecular weight is 276 g/mol. The van der Waals surface area contributed by atoms with E-state index in [4.69, 9.17) is 4.74 Å². The Bertz CT molecular complexity index is 411. The SMILES string of the molecule is CC(=O)Nc1ccc(OCCNC2CCCCC2)cc1. The van der Waals surface area contributed by atoms with Gasteiger partial charge in [-0.05, 0) is 37.1 Å². The third-order valence-corrected chi connectivity index (χ3v) is 3.58. The van der Waals surface area contributed by atoms with Gasteiger partial charge in [0.2, 0.25) is 5.91 Å². The minimum absolute atomic E-state index is 0.0599. The van der Waals surface area contributed by atoms with E-state index in [0.717, 1.165) is 18.0 Å². The molecule has 1 saturated carbocycles. The van der Waals surface area contributed by atoms with Crippen LogP contribution in [0.2, 0.25) is 0 Å². The van der Waals surface area contributed by atoms with E-state index in [2.05, 4.69) is 10.6 Å². The highest BCUT2D eigenvalue weighted by Crippen LogP contribution is 2.17. The second-order valence-corrected chi connectivity index (χ2v) is 5.34. The summed E-state index contributed by atoms with van der Waals surface area (Å²) in [5.41, 5.74) is 0.796. The Labute approximate surface area is 120 Å². The highest BCUT2D eigenvalue weighted by Gasteiger charge is 2.11. The molecule has 0 aliphatic heterocycles. The van der Waals surface area contributed by atoms with E-state index in [9.17, 15) is 4.79 Å². The lowest BCUT2D eigenvalue weighted by Gasteiger charge is -2.22. The van der Waals surface area contributed by atoms with Crippen LogP contribution < -0.4 is 15.4 Å². The Morgan fingerprint density at radius 3 is 2.55 bits per heavy atom. The maximum absolute atomic E-state index is 10.9. The van der Waals surface area contributed by atoms with Crippen LogP contribution in [0.1, 0.15) is 39.0 Å². The number of hydrogen-bond donors (Lipinski definition) is 2. The third-order valence-electron chi connectivity index (χ3n) is 3.58. The summed E-state index contributed by atoms with van der Waals surface area (Å²) in [6.07, 6.45) is 6.68. The molecule has 1 aliphatic carbocycles. The minimum Gasteiger partial charge on any atom is -0.492 e. The number of hydrogen-bond acceptors (Lipinski definition) is 3. The number of carbonyl (C=O) groups excluding carboxylic acids is 1. The number of ether oxygens (including phenoxy) is 1. The summed E-state index contributed by atoms with van der Waals surface area (Å²) in [7, 11) is 0. The molecule has 0 heterocycles. The van der Waals surface area contributed by atoms with E-state index < -0.39 is 0 Å². The zero-order valence-corrected chi connectivity index (χ0v) is 12.2. The lowest BCUT2D eigenvalue weighted by atomic mass is 9.96. The summed E-state index contributed by atoms with van der Waals surface area (Å²) in [5.74, 6) is 0.778. The van der Waals surface area contributed by atoms with Crippen LogP contribution in [0.4, 0.5) is 5.69 Å². The predicted molar refractivity (Wildman–Crippen MR) is 81.1 cm³/mol. The van der Waals surface area contributed by atoms with E-state index in [-0.39, 0.29) is 5.91 Å². The molecule has 1 fully saturated rings. The van der Waals surface area contributed by atoms with Crippen LogP contribution in [0.25, 0.3) is 0 Å². The van der Waals surface area contributed by atoms with E-state index in [1.54, 1.807) is 0 Å². The summed E-state index contributed by atoms with van der Waals surface area (Å²) in [6.45, 7) is 3.06. The number of amides is 1. The van der Waals surface area contributed by atoms with Gasteiger partial charge in [-0.15, -0.1) is 0 Å². The van der Waals surface area contributed by atoms with Crippen LogP contribution in [-0.2, 0) is 4.79 Å². The topological polar surface area (TPSA) is 50.4 Å². The molecular weight excluding hydrogens is 252 g/mol. The van der Waals surface area contributed by atoms with Crippen LogP contribution in [-0.4, -0.2) is 25.1 Å². The number of anilines is 1. The Morgan fingerprint density at radius 2 is 1.90 bits per heavy atom. The van der Waals surface area contributed by atoms with Crippen molar-refractivity contribution in [1.29, 1.82) is 0 Å². The van der Waals surface area contributed by atoms with Crippen LogP contribution in [0.3, 0.4) is 0 Å². The van der Waals surface area contributed by atoms with E-state index >= 15 is 0 Å². The van der Waals surface area contributed by atoms with Crippen LogP contribution >= 0.6 is 0 Å². The van der Waals surface area contributed by atoms with Gasteiger partial charge in [-0.3, -0.25) is 4.79 Å². The van der Waals surface area contributed by atoms with Gasteiger partial charge in [-0.1, -0.05) is 19.3 Å². The number of carbonyl (C=O) groups is 1. The fraction of sp³-hybridized carbons (Fsp3) is 0.562. The third kappa shape index (κ3) is 5.21. The van der Waals surface area contributed by atoms with Gasteiger partial charge in [0.1, 0.15) is 12.4 Å². The van der Waals surface area contributed by atoms with Gasteiger partial charge in [0.05, 0.1) is 0 Å². The van der Waals surface area contributed by atoms with Gasteiger partial charge in [0.25, 0.3) is 0 Å². The van der Waals surface area contributed by atoms with Gasteiger partial charge in [0, 0.05) is 25.2 Å². The monoisotopic (exact) mass is 276 g/mol. The van der Waals surface area contributed by atoms with Crippen molar-refractivity contribution in [3.63, 3.8) is 0 Å². The fourth-order valence-electron chi connectivity index (χ4n) is 2.58. The first-order chi connectivity index (χ1) is 9.74. The Balaban J connectivity index is 1.64. The molecule has 110 valence electrons. The lowest BCUT2D eigenvalue weighted by Crippen LogP contribution is -2.34. The molecule has 1 aromatic rings. The van der Waals surface area contributed by atoms with E-state index in [1.807, 2.05) is 24.3 Å². The van der Waals surface area contributed by atoms with Gasteiger partial charge in [0.15, 0.2) is 0 Å². The van der Waals surface area contributed by atoms with Crippen molar-refractivity contribution in [2.45, 2.75) is 45.1 Å². The molecule has 4 heteroatoms. The van der Waals surface area contributed by atoms with E-state index in [1.165, 1.54) is 39.0 Å². The summed E-state index contributed by atoms with van der Waals surface area (Å²) in [4.78, 5) is 10.9. The molecule has 1 amide bonds. The van der Waals surface area contributed by atoms with Gasteiger partial charge >= 0.3 is 0 Å². The van der Waals surface area contributed by atoms with Crippen molar-refractivity contribution in [3.05, 3.63) is 24.3 Å². The first-order valence-electron chi connectivity index (χ1n) is 7.48. The van der Waals surface area contributed by atoms with Gasteiger partial charge in [-0.2, -0.15) is 0 Å². The lowest BCUT2D eigenvalue weighted by molar-refractivity contribution is -0.114. The molecule has 0 spiro atoms. The van der Waals surface area contributed by atoms with Crippen molar-refractivity contribution in [2.75, 3.05) is 18.5 Å². The number of nitrogens with one attached hydrogen (secondary N) is 2. The molecule has 1 aliphatic rings. The Morgan fingerprint density at radius 1 is 1.20 bits per heavy atom. The van der Waals surface area contributed by atoms with Crippen LogP contribution in [0.5, 0.6) is 5.75 Å². The van der Waals surface area contributed by atoms with Crippen molar-refractivity contribution in [1.82, 2.24) is 5.32 Å². The van der Waals surface area contributed by atoms with Crippen molar-refractivity contribution < 1.29 is 9.53 Å². The molecule has 0 atom stereocenters. The maximum Gasteiger partial charge on any atom is 0.221 e. The summed E-state index contributed by atoms with van der Waals surface area (Å²) < 4.78 is 5.68. The molecule has 1 aromatic carbocycles. The molecule has 0 unspecified atom stereocenters. The second-order valence-electron chi connectivity index (χ2n) is 5.34. The molecule has 4 nitrogen and oxygen atoms in total. The molecule has 0 bridgehead atoms. The first-order valence-corrected chi connectivity index (χ1v) is 7.48. The summed E-state index contributed by atoms with van der Waals surface area (Å²) in [5, 5.41) is 6.28. The fourth-order valence-corrected chi connectivity index (χ4v) is 2.58. The zero-order chi connectivity index (χ0) is 14.2. The van der Waals surface area contributed by atoms with Gasteiger partial charge < -0.3 is 15.4 Å². The molecule has 2 rings (SSSR count). The Kier molecular flexibility index (Phi) is 5.87. The van der Waals surface area contributed by atoms with Crippen molar-refractivity contribution in [3.8, 4) is 5.75 Å². The zero-order valence-electron chi connectivity index (χ0n) is 12.2. The molecule has 0 saturated heterocycles. The average Bonchev–Trinajstić information content (AvgIpc) is 2.46. The highest BCUT2D eigenvalue weighted by atomic mass is 16.5. The van der Waals surface area contributed by atoms with Crippen molar-refractivity contribution >= 4 is 11.6 Å². The highest BCUT2D eigenvalue weighted by molar-refractivity contribution is 5.88. The standard InChI is InChI=1S/C16H24N2O2/c1-13(19)18-15-7-9-16(10-8-15)20-12-11-17-14-5-3-2-4-6-14/h7-10,14,17H,2-6,11-12H2,1H3,(H,18,19). The summed E-state index contributed by atoms with van der Waals surface area (Å²) >= 11 is 0.